The largest absolute Gasteiger partial charge is 0.377 e. The van der Waals surface area contributed by atoms with E-state index in [4.69, 9.17) is 4.74 Å². The Morgan fingerprint density at radius 3 is 3.00 bits per heavy atom. The lowest BCUT2D eigenvalue weighted by Gasteiger charge is -2.12. The average Bonchev–Trinajstić information content (AvgIpc) is 2.66. The number of nitrogens with one attached hydrogen (secondary N) is 1. The molecule has 0 fully saturated rings. The molecule has 1 aromatic heterocycles. The molecule has 1 unspecified atom stereocenters. The second-order valence-electron chi connectivity index (χ2n) is 3.54. The molecule has 0 aliphatic carbocycles. The van der Waals surface area contributed by atoms with Crippen LogP contribution in [0.25, 0.3) is 0 Å². The fourth-order valence-corrected chi connectivity index (χ4v) is 1.54. The Kier molecular flexibility index (Phi) is 5.36. The first-order chi connectivity index (χ1) is 7.27. The number of aromatic nitrogens is 2. The van der Waals surface area contributed by atoms with Crippen LogP contribution < -0.4 is 5.32 Å². The fourth-order valence-electron chi connectivity index (χ4n) is 1.54. The molecule has 1 aromatic rings. The Hall–Kier alpha value is -0.870. The van der Waals surface area contributed by atoms with Crippen molar-refractivity contribution in [1.82, 2.24) is 15.1 Å². The lowest BCUT2D eigenvalue weighted by Crippen LogP contribution is -2.27. The van der Waals surface area contributed by atoms with Crippen LogP contribution >= 0.6 is 0 Å². The highest BCUT2D eigenvalue weighted by Crippen LogP contribution is 1.98. The van der Waals surface area contributed by atoms with E-state index in [-0.39, 0.29) is 6.10 Å². The smallest absolute Gasteiger partial charge is 0.0671 e. The van der Waals surface area contributed by atoms with Crippen molar-refractivity contribution < 1.29 is 4.74 Å². The Bertz CT molecular complexity index is 273. The number of nitrogens with zero attached hydrogens (tertiary/aromatic N) is 2. The molecule has 0 radical (unpaired) electrons. The van der Waals surface area contributed by atoms with E-state index in [9.17, 15) is 0 Å². The lowest BCUT2D eigenvalue weighted by molar-refractivity contribution is 0.0758. The van der Waals surface area contributed by atoms with Gasteiger partial charge in [0.1, 0.15) is 0 Å². The summed E-state index contributed by atoms with van der Waals surface area (Å²) in [5.41, 5.74) is 1.22. The zero-order valence-corrected chi connectivity index (χ0v) is 9.86. The molecule has 0 bridgehead atoms. The summed E-state index contributed by atoms with van der Waals surface area (Å²) >= 11 is 0. The van der Waals surface area contributed by atoms with E-state index in [1.807, 2.05) is 23.9 Å². The zero-order valence-electron chi connectivity index (χ0n) is 9.86. The van der Waals surface area contributed by atoms with Gasteiger partial charge in [0.05, 0.1) is 11.8 Å². The number of aryl methyl sites for hydroxylation is 1. The topological polar surface area (TPSA) is 39.1 Å². The Labute approximate surface area is 91.6 Å². The number of ether oxygens (including phenoxy) is 1. The van der Waals surface area contributed by atoms with Gasteiger partial charge in [0.2, 0.25) is 0 Å². The predicted molar refractivity (Wildman–Crippen MR) is 60.7 cm³/mol. The molecule has 1 rings (SSSR count). The standard InChI is InChI=1S/C11H21N3O/c1-4-14-11(6-7-13-14)9-12-8-10(3)15-5-2/h6-7,10,12H,4-5,8-9H2,1-3H3. The van der Waals surface area contributed by atoms with Gasteiger partial charge >= 0.3 is 0 Å². The van der Waals surface area contributed by atoms with Crippen LogP contribution in [0, 0.1) is 0 Å². The zero-order chi connectivity index (χ0) is 11.1. The monoisotopic (exact) mass is 211 g/mol. The minimum Gasteiger partial charge on any atom is -0.377 e. The van der Waals surface area contributed by atoms with Crippen molar-refractivity contribution in [3.63, 3.8) is 0 Å². The van der Waals surface area contributed by atoms with Crippen molar-refractivity contribution >= 4 is 0 Å². The maximum atomic E-state index is 5.43. The third kappa shape index (κ3) is 4.01. The van der Waals surface area contributed by atoms with Crippen LogP contribution in [-0.2, 0) is 17.8 Å². The van der Waals surface area contributed by atoms with Crippen LogP contribution in [0.1, 0.15) is 26.5 Å². The molecule has 0 spiro atoms. The molecule has 4 heteroatoms. The number of hydrogen-bond acceptors (Lipinski definition) is 3. The molecular formula is C11H21N3O. The van der Waals surface area contributed by atoms with Gasteiger partial charge < -0.3 is 10.1 Å². The molecular weight excluding hydrogens is 190 g/mol. The molecule has 1 heterocycles. The number of rotatable bonds is 7. The van der Waals surface area contributed by atoms with Crippen LogP contribution in [0.4, 0.5) is 0 Å². The highest BCUT2D eigenvalue weighted by molar-refractivity contribution is 4.99. The maximum Gasteiger partial charge on any atom is 0.0671 e. The van der Waals surface area contributed by atoms with E-state index < -0.39 is 0 Å². The van der Waals surface area contributed by atoms with E-state index in [1.165, 1.54) is 5.69 Å². The Morgan fingerprint density at radius 2 is 2.33 bits per heavy atom. The van der Waals surface area contributed by atoms with Gasteiger partial charge in [-0.15, -0.1) is 0 Å². The predicted octanol–water partition coefficient (Wildman–Crippen LogP) is 1.42. The van der Waals surface area contributed by atoms with E-state index in [2.05, 4.69) is 24.3 Å². The molecule has 0 aromatic carbocycles. The van der Waals surface area contributed by atoms with Gasteiger partial charge in [0.25, 0.3) is 0 Å². The molecule has 4 nitrogen and oxygen atoms in total. The summed E-state index contributed by atoms with van der Waals surface area (Å²) in [6, 6.07) is 2.04. The van der Waals surface area contributed by atoms with E-state index in [1.54, 1.807) is 0 Å². The molecule has 0 amide bonds. The van der Waals surface area contributed by atoms with E-state index in [0.717, 1.165) is 26.2 Å². The van der Waals surface area contributed by atoms with Crippen molar-refractivity contribution in [2.75, 3.05) is 13.2 Å². The van der Waals surface area contributed by atoms with Crippen molar-refractivity contribution in [1.29, 1.82) is 0 Å². The minimum absolute atomic E-state index is 0.271. The van der Waals surface area contributed by atoms with E-state index in [0.29, 0.717) is 0 Å². The van der Waals surface area contributed by atoms with Gasteiger partial charge in [-0.25, -0.2) is 0 Å². The van der Waals surface area contributed by atoms with Crippen LogP contribution in [0.5, 0.6) is 0 Å². The normalized spacial score (nSPS) is 13.0. The summed E-state index contributed by atoms with van der Waals surface area (Å²) in [5.74, 6) is 0. The van der Waals surface area contributed by atoms with Gasteiger partial charge in [0.15, 0.2) is 0 Å². The molecule has 1 atom stereocenters. The average molecular weight is 211 g/mol. The van der Waals surface area contributed by atoms with Crippen molar-refractivity contribution in [2.45, 2.75) is 40.0 Å². The summed E-state index contributed by atoms with van der Waals surface area (Å²) in [6.07, 6.45) is 2.11. The molecule has 0 saturated heterocycles. The van der Waals surface area contributed by atoms with Crippen LogP contribution in [0.3, 0.4) is 0 Å². The third-order valence-electron chi connectivity index (χ3n) is 2.29. The summed E-state index contributed by atoms with van der Waals surface area (Å²) < 4.78 is 7.43. The van der Waals surface area contributed by atoms with Crippen LogP contribution in [0.15, 0.2) is 12.3 Å². The Morgan fingerprint density at radius 1 is 1.53 bits per heavy atom. The summed E-state index contributed by atoms with van der Waals surface area (Å²) in [5, 5.41) is 7.58. The van der Waals surface area contributed by atoms with Crippen LogP contribution in [-0.4, -0.2) is 29.0 Å². The maximum absolute atomic E-state index is 5.43. The van der Waals surface area contributed by atoms with Crippen molar-refractivity contribution in [2.24, 2.45) is 0 Å². The highest BCUT2D eigenvalue weighted by atomic mass is 16.5. The second kappa shape index (κ2) is 6.58. The first kappa shape index (κ1) is 12.2. The molecule has 0 aliphatic rings. The van der Waals surface area contributed by atoms with Gasteiger partial charge in [0, 0.05) is 32.4 Å². The van der Waals surface area contributed by atoms with Gasteiger partial charge in [-0.3, -0.25) is 4.68 Å². The van der Waals surface area contributed by atoms with Crippen LogP contribution in [0.2, 0.25) is 0 Å². The summed E-state index contributed by atoms with van der Waals surface area (Å²) in [7, 11) is 0. The van der Waals surface area contributed by atoms with E-state index >= 15 is 0 Å². The molecule has 15 heavy (non-hydrogen) atoms. The van der Waals surface area contributed by atoms with Crippen molar-refractivity contribution in [3.8, 4) is 0 Å². The molecule has 0 aliphatic heterocycles. The second-order valence-corrected chi connectivity index (χ2v) is 3.54. The quantitative estimate of drug-likeness (QED) is 0.741. The summed E-state index contributed by atoms with van der Waals surface area (Å²) in [6.45, 7) is 9.62. The van der Waals surface area contributed by atoms with Crippen molar-refractivity contribution in [3.05, 3.63) is 18.0 Å². The number of hydrogen-bond donors (Lipinski definition) is 1. The van der Waals surface area contributed by atoms with Gasteiger partial charge in [-0.2, -0.15) is 5.10 Å². The minimum atomic E-state index is 0.271. The highest BCUT2D eigenvalue weighted by Gasteiger charge is 2.02. The molecule has 0 saturated carbocycles. The molecule has 1 N–H and O–H groups in total. The third-order valence-corrected chi connectivity index (χ3v) is 2.29. The first-order valence-electron chi connectivity index (χ1n) is 5.60. The van der Waals surface area contributed by atoms with Gasteiger partial charge in [-0.05, 0) is 26.8 Å². The van der Waals surface area contributed by atoms with Gasteiger partial charge in [-0.1, -0.05) is 0 Å². The summed E-state index contributed by atoms with van der Waals surface area (Å²) in [4.78, 5) is 0. The lowest BCUT2D eigenvalue weighted by atomic mass is 10.3. The SMILES string of the molecule is CCOC(C)CNCc1ccnn1CC. The Balaban J connectivity index is 2.25. The molecule has 86 valence electrons. The fraction of sp³-hybridized carbons (Fsp3) is 0.727. The first-order valence-corrected chi connectivity index (χ1v) is 5.60.